The van der Waals surface area contributed by atoms with Crippen LogP contribution in [-0.2, 0) is 29.5 Å². The van der Waals surface area contributed by atoms with Crippen LogP contribution in [0.3, 0.4) is 0 Å². The zero-order valence-electron chi connectivity index (χ0n) is 20.1. The predicted octanol–water partition coefficient (Wildman–Crippen LogP) is 6.89. The summed E-state index contributed by atoms with van der Waals surface area (Å²) in [5.74, 6) is -1.69. The van der Waals surface area contributed by atoms with Crippen LogP contribution >= 0.6 is 0 Å². The van der Waals surface area contributed by atoms with Crippen molar-refractivity contribution < 1.29 is 45.4 Å². The minimum atomic E-state index is -5.04. The monoisotopic (exact) mass is 556 g/mol. The van der Waals surface area contributed by atoms with Gasteiger partial charge < -0.3 is 14.3 Å². The Labute approximate surface area is 217 Å². The molecule has 1 aliphatic heterocycles. The molecular weight excluding hydrogens is 534 g/mol. The highest BCUT2D eigenvalue weighted by Gasteiger charge is 2.61. The van der Waals surface area contributed by atoms with Crippen LogP contribution in [0.4, 0.5) is 36.8 Å². The lowest BCUT2D eigenvalue weighted by atomic mass is 9.95. The van der Waals surface area contributed by atoms with Gasteiger partial charge in [-0.25, -0.2) is 9.78 Å². The Hall–Kier alpha value is -3.94. The van der Waals surface area contributed by atoms with Gasteiger partial charge in [-0.1, -0.05) is 42.5 Å². The molecule has 1 aliphatic rings. The van der Waals surface area contributed by atoms with Gasteiger partial charge in [0.15, 0.2) is 5.69 Å². The Morgan fingerprint density at radius 2 is 1.79 bits per heavy atom. The molecule has 14 heteroatoms. The predicted molar refractivity (Wildman–Crippen MR) is 124 cm³/mol. The third-order valence-corrected chi connectivity index (χ3v) is 6.02. The van der Waals surface area contributed by atoms with Crippen molar-refractivity contribution in [1.29, 1.82) is 0 Å². The summed E-state index contributed by atoms with van der Waals surface area (Å²) in [5, 5.41) is 18.1. The van der Waals surface area contributed by atoms with Crippen LogP contribution < -0.4 is 5.32 Å². The van der Waals surface area contributed by atoms with Gasteiger partial charge in [-0.2, -0.15) is 26.3 Å². The number of pyridine rings is 1. The average molecular weight is 556 g/mol. The fourth-order valence-corrected chi connectivity index (χ4v) is 4.12. The SMILES string of the molecule is O=C(O)Nc1cc(C(F)(F)F)c2nc1-c1nnc(o1)C(OCc1ccccc1)(C(F)(F)F)CCC=CCCC2. The number of anilines is 1. The Bertz CT molecular complexity index is 1340. The Morgan fingerprint density at radius 1 is 1.08 bits per heavy atom. The van der Waals surface area contributed by atoms with Gasteiger partial charge in [0.1, 0.15) is 0 Å². The molecule has 4 rings (SSSR count). The van der Waals surface area contributed by atoms with Crippen LogP contribution in [0, 0.1) is 0 Å². The Balaban J connectivity index is 1.88. The highest BCUT2D eigenvalue weighted by Crippen LogP contribution is 2.47. The second-order valence-corrected chi connectivity index (χ2v) is 8.72. The average Bonchev–Trinajstić information content (AvgIpc) is 3.34. The zero-order chi connectivity index (χ0) is 28.3. The molecular formula is C25H22F6N4O4. The first kappa shape index (κ1) is 28.1. The number of aromatic nitrogens is 3. The number of benzene rings is 1. The van der Waals surface area contributed by atoms with E-state index in [1.165, 1.54) is 6.08 Å². The summed E-state index contributed by atoms with van der Waals surface area (Å²) in [6.45, 7) is -0.462. The number of nitrogens with zero attached hydrogens (tertiary/aromatic N) is 3. The van der Waals surface area contributed by atoms with Gasteiger partial charge in [0, 0.05) is 0 Å². The van der Waals surface area contributed by atoms with Crippen LogP contribution in [0.5, 0.6) is 0 Å². The maximum atomic E-state index is 14.7. The highest BCUT2D eigenvalue weighted by atomic mass is 19.4. The zero-order valence-corrected chi connectivity index (χ0v) is 20.1. The molecule has 3 heterocycles. The van der Waals surface area contributed by atoms with E-state index in [4.69, 9.17) is 9.15 Å². The van der Waals surface area contributed by atoms with Gasteiger partial charge in [-0.3, -0.25) is 5.32 Å². The third kappa shape index (κ3) is 6.21. The number of amides is 1. The van der Waals surface area contributed by atoms with Crippen molar-refractivity contribution in [3.05, 3.63) is 71.3 Å². The van der Waals surface area contributed by atoms with Crippen LogP contribution in [0.2, 0.25) is 0 Å². The van der Waals surface area contributed by atoms with E-state index in [1.54, 1.807) is 41.7 Å². The molecule has 2 aromatic heterocycles. The molecule has 1 atom stereocenters. The summed E-state index contributed by atoms with van der Waals surface area (Å²) < 4.78 is 96.2. The van der Waals surface area contributed by atoms with E-state index < -0.39 is 71.5 Å². The summed E-state index contributed by atoms with van der Waals surface area (Å²) in [5.41, 5.74) is -5.48. The van der Waals surface area contributed by atoms with E-state index in [0.717, 1.165) is 0 Å². The number of carboxylic acid groups (broad SMARTS) is 1. The number of allylic oxidation sites excluding steroid dienone is 2. The van der Waals surface area contributed by atoms with Gasteiger partial charge in [0.2, 0.25) is 5.60 Å². The number of halogens is 6. The number of fused-ring (bicyclic) bond motifs is 5. The molecule has 1 aromatic carbocycles. The number of aryl methyl sites for hydroxylation is 1. The van der Waals surface area contributed by atoms with Crippen LogP contribution in [0.25, 0.3) is 11.6 Å². The fraction of sp³-hybridized carbons (Fsp3) is 0.360. The number of nitrogens with one attached hydrogen (secondary N) is 1. The molecule has 4 bridgehead atoms. The smallest absolute Gasteiger partial charge is 0.426 e. The lowest BCUT2D eigenvalue weighted by Crippen LogP contribution is -2.45. The van der Waals surface area contributed by atoms with Crippen molar-refractivity contribution >= 4 is 11.8 Å². The second kappa shape index (κ2) is 11.0. The first-order chi connectivity index (χ1) is 18.4. The first-order valence-electron chi connectivity index (χ1n) is 11.8. The first-order valence-corrected chi connectivity index (χ1v) is 11.8. The Morgan fingerprint density at radius 3 is 2.46 bits per heavy atom. The van der Waals surface area contributed by atoms with Crippen LogP contribution in [0.1, 0.15) is 48.4 Å². The quantitative estimate of drug-likeness (QED) is 0.266. The number of ether oxygens (including phenoxy) is 1. The summed E-state index contributed by atoms with van der Waals surface area (Å²) in [4.78, 5) is 15.3. The fourth-order valence-electron chi connectivity index (χ4n) is 4.12. The third-order valence-electron chi connectivity index (χ3n) is 6.02. The van der Waals surface area contributed by atoms with Crippen LogP contribution in [0.15, 0.2) is 53.0 Å². The van der Waals surface area contributed by atoms with E-state index in [2.05, 4.69) is 15.2 Å². The number of carbonyl (C=O) groups is 1. The molecule has 0 saturated heterocycles. The number of hydrogen-bond donors (Lipinski definition) is 2. The molecule has 39 heavy (non-hydrogen) atoms. The lowest BCUT2D eigenvalue weighted by Gasteiger charge is -2.32. The van der Waals surface area contributed by atoms with E-state index in [-0.39, 0.29) is 25.7 Å². The second-order valence-electron chi connectivity index (χ2n) is 8.72. The molecule has 2 N–H and O–H groups in total. The molecule has 1 unspecified atom stereocenters. The van der Waals surface area contributed by atoms with Crippen molar-refractivity contribution in [1.82, 2.24) is 15.2 Å². The van der Waals surface area contributed by atoms with Crippen molar-refractivity contribution in [2.45, 2.75) is 56.7 Å². The molecule has 3 aromatic rings. The molecule has 0 radical (unpaired) electrons. The van der Waals surface area contributed by atoms with E-state index in [0.29, 0.717) is 11.6 Å². The Kier molecular flexibility index (Phi) is 7.95. The maximum absolute atomic E-state index is 14.7. The van der Waals surface area contributed by atoms with E-state index in [1.807, 2.05) is 0 Å². The molecule has 0 aliphatic carbocycles. The largest absolute Gasteiger partial charge is 0.465 e. The molecule has 0 spiro atoms. The molecule has 1 amide bonds. The topological polar surface area (TPSA) is 110 Å². The van der Waals surface area contributed by atoms with Crippen molar-refractivity contribution in [2.75, 3.05) is 5.32 Å². The number of alkyl halides is 6. The summed E-state index contributed by atoms with van der Waals surface area (Å²) in [6, 6.07) is 8.61. The number of hydrogen-bond acceptors (Lipinski definition) is 6. The maximum Gasteiger partial charge on any atom is 0.426 e. The minimum absolute atomic E-state index is 0.116. The lowest BCUT2D eigenvalue weighted by molar-refractivity contribution is -0.299. The van der Waals surface area contributed by atoms with Gasteiger partial charge in [0.25, 0.3) is 11.8 Å². The normalized spacial score (nSPS) is 18.4. The van der Waals surface area contributed by atoms with Crippen molar-refractivity contribution in [3.8, 4) is 11.6 Å². The summed E-state index contributed by atoms with van der Waals surface area (Å²) in [7, 11) is 0. The highest BCUT2D eigenvalue weighted by molar-refractivity contribution is 5.88. The minimum Gasteiger partial charge on any atom is -0.465 e. The van der Waals surface area contributed by atoms with Crippen LogP contribution in [-0.4, -0.2) is 32.6 Å². The van der Waals surface area contributed by atoms with Crippen molar-refractivity contribution in [3.63, 3.8) is 0 Å². The van der Waals surface area contributed by atoms with Gasteiger partial charge in [-0.15, -0.1) is 10.2 Å². The van der Waals surface area contributed by atoms with Crippen molar-refractivity contribution in [2.24, 2.45) is 0 Å². The summed E-state index contributed by atoms with van der Waals surface area (Å²) in [6.07, 6.45) is -9.03. The molecule has 208 valence electrons. The van der Waals surface area contributed by atoms with E-state index >= 15 is 0 Å². The summed E-state index contributed by atoms with van der Waals surface area (Å²) >= 11 is 0. The van der Waals surface area contributed by atoms with Gasteiger partial charge in [0.05, 0.1) is 23.6 Å². The van der Waals surface area contributed by atoms with Gasteiger partial charge >= 0.3 is 18.4 Å². The molecule has 0 fully saturated rings. The number of rotatable bonds is 4. The molecule has 8 nitrogen and oxygen atoms in total. The standard InChI is InChI=1S/C25H22F6N4O4/c26-24(27,28)16-13-18(33-22(36)37)19-20-34-35-21(39-20)23(25(29,30)31,38-14-15-9-5-4-6-10-15)12-8-3-1-2-7-11-17(16)32-19/h1,3-6,9-10,13,33H,2,7-8,11-12,14H2,(H,36,37). The van der Waals surface area contributed by atoms with E-state index in [9.17, 15) is 36.2 Å². The molecule has 0 saturated carbocycles. The van der Waals surface area contributed by atoms with Gasteiger partial charge in [-0.05, 0) is 43.7 Å².